The Labute approximate surface area is 183 Å². The summed E-state index contributed by atoms with van der Waals surface area (Å²) in [6.45, 7) is -0.320. The fraction of sp³-hybridized carbons (Fsp3) is 0.167. The maximum atomic E-state index is 12.2. The summed E-state index contributed by atoms with van der Waals surface area (Å²) in [6, 6.07) is 6.03. The molecule has 2 rings (SSSR count). The molecule has 154 valence electrons. The zero-order valence-corrected chi connectivity index (χ0v) is 18.5. The number of phenolic OH excluding ortho intramolecular Hbond substituents is 2. The van der Waals surface area contributed by atoms with E-state index in [1.807, 2.05) is 0 Å². The van der Waals surface area contributed by atoms with Crippen molar-refractivity contribution in [2.24, 2.45) is 5.10 Å². The van der Waals surface area contributed by atoms with E-state index >= 15 is 0 Å². The Kier molecular flexibility index (Phi) is 7.85. The van der Waals surface area contributed by atoms with Crippen LogP contribution in [0.25, 0.3) is 0 Å². The summed E-state index contributed by atoms with van der Waals surface area (Å²) in [7, 11) is 2.94. The zero-order chi connectivity index (χ0) is 21.6. The van der Waals surface area contributed by atoms with Gasteiger partial charge in [-0.3, -0.25) is 9.59 Å². The Balaban J connectivity index is 1.94. The smallest absolute Gasteiger partial charge is 0.259 e. The summed E-state index contributed by atoms with van der Waals surface area (Å²) >= 11 is 6.17. The van der Waals surface area contributed by atoms with E-state index in [2.05, 4.69) is 47.7 Å². The minimum Gasteiger partial charge on any atom is -0.506 e. The van der Waals surface area contributed by atoms with Crippen LogP contribution in [0.2, 0.25) is 0 Å². The van der Waals surface area contributed by atoms with Crippen LogP contribution in [-0.4, -0.2) is 49.0 Å². The molecule has 2 aromatic carbocycles. The average molecular weight is 531 g/mol. The first-order chi connectivity index (χ1) is 13.8. The zero-order valence-electron chi connectivity index (χ0n) is 15.3. The van der Waals surface area contributed by atoms with Crippen molar-refractivity contribution in [3.05, 3.63) is 44.3 Å². The molecule has 0 aliphatic heterocycles. The maximum absolute atomic E-state index is 12.2. The highest BCUT2D eigenvalue weighted by Crippen LogP contribution is 2.40. The van der Waals surface area contributed by atoms with Gasteiger partial charge in [-0.2, -0.15) is 5.10 Å². The minimum absolute atomic E-state index is 0.0850. The maximum Gasteiger partial charge on any atom is 0.259 e. The average Bonchev–Trinajstić information content (AvgIpc) is 2.73. The number of benzene rings is 2. The molecule has 2 amide bonds. The van der Waals surface area contributed by atoms with Gasteiger partial charge in [0.2, 0.25) is 0 Å². The van der Waals surface area contributed by atoms with E-state index in [0.29, 0.717) is 21.5 Å². The fourth-order valence-electron chi connectivity index (χ4n) is 2.17. The second-order valence-electron chi connectivity index (χ2n) is 5.50. The summed E-state index contributed by atoms with van der Waals surface area (Å²) in [4.78, 5) is 24.0. The number of nitrogens with one attached hydrogen (secondary N) is 2. The van der Waals surface area contributed by atoms with Crippen LogP contribution >= 0.6 is 31.9 Å². The molecule has 4 N–H and O–H groups in total. The number of rotatable bonds is 7. The number of hydrogen-bond acceptors (Lipinski definition) is 7. The number of carbonyl (C=O) groups is 2. The second-order valence-corrected chi connectivity index (χ2v) is 7.15. The van der Waals surface area contributed by atoms with E-state index in [0.717, 1.165) is 0 Å². The highest BCUT2D eigenvalue weighted by atomic mass is 79.9. The van der Waals surface area contributed by atoms with Crippen LogP contribution in [0.15, 0.2) is 38.3 Å². The molecule has 0 heterocycles. The van der Waals surface area contributed by atoms with Crippen LogP contribution < -0.4 is 20.2 Å². The molecule has 0 saturated carbocycles. The van der Waals surface area contributed by atoms with Gasteiger partial charge < -0.3 is 25.0 Å². The predicted octanol–water partition coefficient (Wildman–Crippen LogP) is 2.52. The van der Waals surface area contributed by atoms with Gasteiger partial charge in [-0.25, -0.2) is 5.43 Å². The highest BCUT2D eigenvalue weighted by molar-refractivity contribution is 9.11. The number of methoxy groups -OCH3 is 2. The first-order valence-electron chi connectivity index (χ1n) is 8.00. The number of amides is 2. The molecule has 2 aromatic rings. The van der Waals surface area contributed by atoms with Gasteiger partial charge in [-0.05, 0) is 56.1 Å². The molecular weight excluding hydrogens is 514 g/mol. The Hall–Kier alpha value is -2.79. The Morgan fingerprint density at radius 3 is 2.45 bits per heavy atom. The van der Waals surface area contributed by atoms with Gasteiger partial charge in [0.15, 0.2) is 11.5 Å². The van der Waals surface area contributed by atoms with Gasteiger partial charge in [0, 0.05) is 11.1 Å². The summed E-state index contributed by atoms with van der Waals surface area (Å²) in [5.74, 6) is -0.597. The van der Waals surface area contributed by atoms with Crippen molar-refractivity contribution < 1.29 is 29.3 Å². The van der Waals surface area contributed by atoms with E-state index < -0.39 is 11.8 Å². The molecule has 0 bridgehead atoms. The molecule has 0 aliphatic carbocycles. The van der Waals surface area contributed by atoms with Gasteiger partial charge in [0.1, 0.15) is 16.0 Å². The molecule has 0 unspecified atom stereocenters. The summed E-state index contributed by atoms with van der Waals surface area (Å²) in [6.07, 6.45) is 1.19. The van der Waals surface area contributed by atoms with E-state index in [1.54, 1.807) is 6.07 Å². The predicted molar refractivity (Wildman–Crippen MR) is 113 cm³/mol. The van der Waals surface area contributed by atoms with Crippen LogP contribution in [-0.2, 0) is 4.79 Å². The molecule has 9 nitrogen and oxygen atoms in total. The van der Waals surface area contributed by atoms with Crippen LogP contribution in [0.3, 0.4) is 0 Å². The molecular formula is C18H17Br2N3O6. The third kappa shape index (κ3) is 5.61. The first kappa shape index (κ1) is 22.5. The number of ether oxygens (including phenoxy) is 2. The second kappa shape index (κ2) is 10.1. The monoisotopic (exact) mass is 529 g/mol. The quantitative estimate of drug-likeness (QED) is 0.321. The normalized spacial score (nSPS) is 10.6. The van der Waals surface area contributed by atoms with E-state index in [-0.39, 0.29) is 28.1 Å². The van der Waals surface area contributed by atoms with Gasteiger partial charge in [-0.1, -0.05) is 0 Å². The number of halogens is 2. The number of hydrazone groups is 1. The SMILES string of the molecule is COc1ccc(C(=O)NCC(=O)N/N=C/c2cc(Br)c(O)c(Br)c2O)cc1OC. The van der Waals surface area contributed by atoms with Crippen molar-refractivity contribution >= 4 is 49.9 Å². The standard InChI is InChI=1S/C18H17Br2N3O6/c1-28-12-4-3-9(6-13(12)29-2)18(27)21-8-14(24)23-22-7-10-5-11(19)17(26)15(20)16(10)25/h3-7,25-26H,8H2,1-2H3,(H,21,27)(H,23,24)/b22-7+. The molecule has 0 spiro atoms. The Morgan fingerprint density at radius 1 is 1.10 bits per heavy atom. The molecule has 0 atom stereocenters. The minimum atomic E-state index is -0.577. The van der Waals surface area contributed by atoms with Crippen LogP contribution in [0.5, 0.6) is 23.0 Å². The summed E-state index contributed by atoms with van der Waals surface area (Å²) in [5, 5.41) is 25.8. The molecule has 0 aromatic heterocycles. The van der Waals surface area contributed by atoms with Crippen LogP contribution in [0.1, 0.15) is 15.9 Å². The lowest BCUT2D eigenvalue weighted by molar-refractivity contribution is -0.120. The lowest BCUT2D eigenvalue weighted by Gasteiger charge is -2.09. The molecule has 29 heavy (non-hydrogen) atoms. The number of hydrogen-bond donors (Lipinski definition) is 4. The van der Waals surface area contributed by atoms with Crippen molar-refractivity contribution in [3.63, 3.8) is 0 Å². The van der Waals surface area contributed by atoms with Gasteiger partial charge in [0.25, 0.3) is 11.8 Å². The van der Waals surface area contributed by atoms with Crippen molar-refractivity contribution in [1.29, 1.82) is 0 Å². The highest BCUT2D eigenvalue weighted by Gasteiger charge is 2.14. The van der Waals surface area contributed by atoms with Gasteiger partial charge >= 0.3 is 0 Å². The van der Waals surface area contributed by atoms with Crippen molar-refractivity contribution in [3.8, 4) is 23.0 Å². The molecule has 11 heteroatoms. The Morgan fingerprint density at radius 2 is 1.79 bits per heavy atom. The topological polar surface area (TPSA) is 129 Å². The van der Waals surface area contributed by atoms with Crippen molar-refractivity contribution in [2.75, 3.05) is 20.8 Å². The van der Waals surface area contributed by atoms with Gasteiger partial charge in [-0.15, -0.1) is 0 Å². The molecule has 0 radical (unpaired) electrons. The number of carbonyl (C=O) groups excluding carboxylic acids is 2. The fourth-order valence-corrected chi connectivity index (χ4v) is 3.32. The molecule has 0 fully saturated rings. The third-order valence-electron chi connectivity index (χ3n) is 3.65. The first-order valence-corrected chi connectivity index (χ1v) is 9.59. The lowest BCUT2D eigenvalue weighted by Crippen LogP contribution is -2.34. The third-order valence-corrected chi connectivity index (χ3v) is 5.00. The van der Waals surface area contributed by atoms with Crippen molar-refractivity contribution in [1.82, 2.24) is 10.7 Å². The molecule has 0 aliphatic rings. The number of phenols is 2. The Bertz CT molecular complexity index is 965. The number of aromatic hydroxyl groups is 2. The molecule has 0 saturated heterocycles. The van der Waals surface area contributed by atoms with Gasteiger partial charge in [0.05, 0.1) is 31.5 Å². The van der Waals surface area contributed by atoms with E-state index in [9.17, 15) is 19.8 Å². The van der Waals surface area contributed by atoms with E-state index in [1.165, 1.54) is 38.6 Å². The van der Waals surface area contributed by atoms with E-state index in [4.69, 9.17) is 9.47 Å². The summed E-state index contributed by atoms with van der Waals surface area (Å²) < 4.78 is 10.7. The largest absolute Gasteiger partial charge is 0.506 e. The van der Waals surface area contributed by atoms with Crippen molar-refractivity contribution in [2.45, 2.75) is 0 Å². The lowest BCUT2D eigenvalue weighted by atomic mass is 10.2. The number of nitrogens with zero attached hydrogens (tertiary/aromatic N) is 1. The van der Waals surface area contributed by atoms with Crippen LogP contribution in [0.4, 0.5) is 0 Å². The van der Waals surface area contributed by atoms with Crippen LogP contribution in [0, 0.1) is 0 Å². The summed E-state index contributed by atoms with van der Waals surface area (Å²) in [5.41, 5.74) is 2.77.